The molecule has 0 atom stereocenters. The fraction of sp³-hybridized carbons (Fsp3) is 0.500. The second-order valence-electron chi connectivity index (χ2n) is 4.33. The van der Waals surface area contributed by atoms with Gasteiger partial charge in [-0.1, -0.05) is 24.4 Å². The van der Waals surface area contributed by atoms with Gasteiger partial charge in [-0.3, -0.25) is 0 Å². The molecule has 3 nitrogen and oxygen atoms in total. The average molecular weight is 302 g/mol. The maximum atomic E-state index is 10.8. The topological polar surface area (TPSA) is 49.3 Å². The molecule has 0 unspecified atom stereocenters. The van der Waals surface area contributed by atoms with Crippen molar-refractivity contribution in [3.05, 3.63) is 28.8 Å². The molecule has 1 aromatic rings. The van der Waals surface area contributed by atoms with Crippen LogP contribution in [0.1, 0.15) is 36.0 Å². The number of unbranched alkanes of at least 4 members (excludes halogenated alkanes) is 3. The number of aromatic carboxylic acids is 1. The number of anilines is 1. The van der Waals surface area contributed by atoms with E-state index in [1.165, 1.54) is 31.1 Å². The number of benzene rings is 1. The summed E-state index contributed by atoms with van der Waals surface area (Å²) in [5.74, 6) is 0.241. The van der Waals surface area contributed by atoms with Crippen LogP contribution in [-0.2, 0) is 0 Å². The maximum absolute atomic E-state index is 10.8. The first kappa shape index (κ1) is 16.2. The molecule has 0 heterocycles. The number of hydrogen-bond donors (Lipinski definition) is 2. The molecule has 0 radical (unpaired) electrons. The largest absolute Gasteiger partial charge is 0.478 e. The van der Waals surface area contributed by atoms with Gasteiger partial charge in [-0.2, -0.15) is 11.8 Å². The van der Waals surface area contributed by atoms with Crippen LogP contribution in [0.2, 0.25) is 5.02 Å². The van der Waals surface area contributed by atoms with Crippen molar-refractivity contribution in [1.29, 1.82) is 0 Å². The lowest BCUT2D eigenvalue weighted by Gasteiger charge is -2.08. The Morgan fingerprint density at radius 3 is 2.68 bits per heavy atom. The Labute approximate surface area is 123 Å². The molecule has 1 aromatic carbocycles. The van der Waals surface area contributed by atoms with E-state index >= 15 is 0 Å². The van der Waals surface area contributed by atoms with E-state index in [1.807, 2.05) is 11.8 Å². The maximum Gasteiger partial charge on any atom is 0.337 e. The van der Waals surface area contributed by atoms with E-state index in [2.05, 4.69) is 11.6 Å². The minimum Gasteiger partial charge on any atom is -0.478 e. The van der Waals surface area contributed by atoms with E-state index < -0.39 is 5.97 Å². The van der Waals surface area contributed by atoms with Crippen molar-refractivity contribution in [2.75, 3.05) is 23.9 Å². The second kappa shape index (κ2) is 9.10. The zero-order valence-electron chi connectivity index (χ0n) is 11.1. The molecule has 5 heteroatoms. The van der Waals surface area contributed by atoms with Crippen molar-refractivity contribution in [3.63, 3.8) is 0 Å². The molecule has 0 aromatic heterocycles. The molecule has 106 valence electrons. The standard InChI is InChI=1S/C14H20ClNO2S/c1-19-9-5-3-2-4-8-16-11-6-7-12(14(17)18)13(15)10-11/h6-7,10,16H,2-5,8-9H2,1H3,(H,17,18). The number of halogens is 1. The average Bonchev–Trinajstić information content (AvgIpc) is 2.37. The summed E-state index contributed by atoms with van der Waals surface area (Å²) in [6, 6.07) is 4.95. The lowest BCUT2D eigenvalue weighted by molar-refractivity contribution is 0.0697. The van der Waals surface area contributed by atoms with Gasteiger partial charge in [-0.25, -0.2) is 4.79 Å². The molecule has 0 saturated heterocycles. The smallest absolute Gasteiger partial charge is 0.337 e. The summed E-state index contributed by atoms with van der Waals surface area (Å²) >= 11 is 7.79. The molecule has 0 amide bonds. The van der Waals surface area contributed by atoms with Gasteiger partial charge in [0.05, 0.1) is 10.6 Å². The van der Waals surface area contributed by atoms with Crippen LogP contribution in [0.15, 0.2) is 18.2 Å². The minimum atomic E-state index is -0.995. The number of carbonyl (C=O) groups is 1. The molecule has 0 aliphatic carbocycles. The minimum absolute atomic E-state index is 0.143. The third kappa shape index (κ3) is 6.21. The second-order valence-corrected chi connectivity index (χ2v) is 5.73. The summed E-state index contributed by atoms with van der Waals surface area (Å²) in [7, 11) is 0. The fourth-order valence-corrected chi connectivity index (χ4v) is 2.51. The van der Waals surface area contributed by atoms with Crippen LogP contribution in [0.4, 0.5) is 5.69 Å². The molecule has 1 rings (SSSR count). The normalized spacial score (nSPS) is 10.4. The number of thioether (sulfide) groups is 1. The first-order chi connectivity index (χ1) is 9.15. The van der Waals surface area contributed by atoms with Gasteiger partial charge in [0.2, 0.25) is 0 Å². The molecule has 0 fully saturated rings. The van der Waals surface area contributed by atoms with Gasteiger partial charge in [0.1, 0.15) is 0 Å². The van der Waals surface area contributed by atoms with Crippen molar-refractivity contribution in [2.45, 2.75) is 25.7 Å². The number of carboxylic acids is 1. The molecule has 0 spiro atoms. The zero-order valence-corrected chi connectivity index (χ0v) is 12.7. The van der Waals surface area contributed by atoms with Crippen molar-refractivity contribution < 1.29 is 9.90 Å². The third-order valence-electron chi connectivity index (χ3n) is 2.80. The first-order valence-corrected chi connectivity index (χ1v) is 8.18. The molecule has 0 aliphatic heterocycles. The molecule has 19 heavy (non-hydrogen) atoms. The van der Waals surface area contributed by atoms with Crippen LogP contribution >= 0.6 is 23.4 Å². The van der Waals surface area contributed by atoms with E-state index in [1.54, 1.807) is 12.1 Å². The number of hydrogen-bond acceptors (Lipinski definition) is 3. The van der Waals surface area contributed by atoms with E-state index in [-0.39, 0.29) is 10.6 Å². The first-order valence-electron chi connectivity index (χ1n) is 6.41. The van der Waals surface area contributed by atoms with E-state index in [0.717, 1.165) is 18.7 Å². The molecule has 0 aliphatic rings. The van der Waals surface area contributed by atoms with Crippen LogP contribution in [-0.4, -0.2) is 29.6 Å². The molecular weight excluding hydrogens is 282 g/mol. The summed E-state index contributed by atoms with van der Waals surface area (Å²) in [5.41, 5.74) is 1.02. The van der Waals surface area contributed by atoms with E-state index in [0.29, 0.717) is 0 Å². The van der Waals surface area contributed by atoms with Gasteiger partial charge in [0.25, 0.3) is 0 Å². The predicted molar refractivity (Wildman–Crippen MR) is 83.8 cm³/mol. The predicted octanol–water partition coefficient (Wildman–Crippen LogP) is 4.37. The highest BCUT2D eigenvalue weighted by molar-refractivity contribution is 7.98. The Bertz CT molecular complexity index is 412. The summed E-state index contributed by atoms with van der Waals surface area (Å²) in [4.78, 5) is 10.8. The SMILES string of the molecule is CSCCCCCCNc1ccc(C(=O)O)c(Cl)c1. The van der Waals surface area contributed by atoms with Crippen molar-refractivity contribution in [3.8, 4) is 0 Å². The lowest BCUT2D eigenvalue weighted by Crippen LogP contribution is -2.03. The lowest BCUT2D eigenvalue weighted by atomic mass is 10.2. The van der Waals surface area contributed by atoms with Gasteiger partial charge in [0, 0.05) is 12.2 Å². The van der Waals surface area contributed by atoms with Gasteiger partial charge in [-0.15, -0.1) is 0 Å². The molecular formula is C14H20ClNO2S. The highest BCUT2D eigenvalue weighted by atomic mass is 35.5. The van der Waals surface area contributed by atoms with Gasteiger partial charge in [-0.05, 0) is 43.0 Å². The highest BCUT2D eigenvalue weighted by Crippen LogP contribution is 2.21. The van der Waals surface area contributed by atoms with Gasteiger partial charge >= 0.3 is 5.97 Å². The van der Waals surface area contributed by atoms with Gasteiger partial charge < -0.3 is 10.4 Å². The summed E-state index contributed by atoms with van der Waals surface area (Å²) in [5, 5.41) is 12.4. The van der Waals surface area contributed by atoms with Gasteiger partial charge in [0.15, 0.2) is 0 Å². The van der Waals surface area contributed by atoms with Crippen LogP contribution in [0.5, 0.6) is 0 Å². The van der Waals surface area contributed by atoms with Crippen LogP contribution < -0.4 is 5.32 Å². The number of rotatable bonds is 9. The molecule has 2 N–H and O–H groups in total. The van der Waals surface area contributed by atoms with E-state index in [9.17, 15) is 4.79 Å². The Morgan fingerprint density at radius 1 is 1.32 bits per heavy atom. The Morgan fingerprint density at radius 2 is 2.05 bits per heavy atom. The Kier molecular flexibility index (Phi) is 7.75. The monoisotopic (exact) mass is 301 g/mol. The van der Waals surface area contributed by atoms with Crippen molar-refractivity contribution >= 4 is 35.0 Å². The van der Waals surface area contributed by atoms with Crippen molar-refractivity contribution in [1.82, 2.24) is 0 Å². The van der Waals surface area contributed by atoms with Crippen LogP contribution in [0.25, 0.3) is 0 Å². The fourth-order valence-electron chi connectivity index (χ4n) is 1.76. The summed E-state index contributed by atoms with van der Waals surface area (Å²) < 4.78 is 0. The van der Waals surface area contributed by atoms with Crippen LogP contribution in [0, 0.1) is 0 Å². The quantitative estimate of drug-likeness (QED) is 0.665. The number of nitrogens with one attached hydrogen (secondary N) is 1. The Balaban J connectivity index is 2.26. The summed E-state index contributed by atoms with van der Waals surface area (Å²) in [6.45, 7) is 0.891. The molecule has 0 bridgehead atoms. The Hall–Kier alpha value is -0.870. The highest BCUT2D eigenvalue weighted by Gasteiger charge is 2.08. The number of carboxylic acid groups (broad SMARTS) is 1. The third-order valence-corrected chi connectivity index (χ3v) is 3.81. The van der Waals surface area contributed by atoms with E-state index in [4.69, 9.17) is 16.7 Å². The van der Waals surface area contributed by atoms with Crippen molar-refractivity contribution in [2.24, 2.45) is 0 Å². The zero-order chi connectivity index (χ0) is 14.1. The summed E-state index contributed by atoms with van der Waals surface area (Å²) in [6.07, 6.45) is 7.01. The molecule has 0 saturated carbocycles. The van der Waals surface area contributed by atoms with Crippen LogP contribution in [0.3, 0.4) is 0 Å².